The maximum atomic E-state index is 12.3. The van der Waals surface area contributed by atoms with E-state index in [-0.39, 0.29) is 11.5 Å². The normalized spacial score (nSPS) is 13.6. The highest BCUT2D eigenvalue weighted by molar-refractivity contribution is 7.90. The average Bonchev–Trinajstić information content (AvgIpc) is 3.36. The van der Waals surface area contributed by atoms with Crippen molar-refractivity contribution >= 4 is 32.3 Å². The smallest absolute Gasteiger partial charge is 0.155 e. The van der Waals surface area contributed by atoms with Crippen LogP contribution >= 0.6 is 11.3 Å². The zero-order valence-corrected chi connectivity index (χ0v) is 23.6. The number of hydrogen-bond acceptors (Lipinski definition) is 5. The van der Waals surface area contributed by atoms with Crippen LogP contribution in [0.15, 0.2) is 90.3 Å². The van der Waals surface area contributed by atoms with Crippen molar-refractivity contribution in [3.8, 4) is 11.5 Å². The molecule has 0 saturated heterocycles. The molecule has 0 bridgehead atoms. The van der Waals surface area contributed by atoms with Gasteiger partial charge in [0.1, 0.15) is 11.5 Å². The third-order valence-electron chi connectivity index (χ3n) is 7.11. The molecular weight excluding hydrogens is 524 g/mol. The van der Waals surface area contributed by atoms with Gasteiger partial charge in [-0.3, -0.25) is 0 Å². The lowest BCUT2D eigenvalue weighted by atomic mass is 9.88. The van der Waals surface area contributed by atoms with Gasteiger partial charge in [0.05, 0.1) is 18.1 Å². The van der Waals surface area contributed by atoms with Gasteiger partial charge in [-0.15, -0.1) is 11.3 Å². The lowest BCUT2D eigenvalue weighted by Crippen LogP contribution is -2.09. The zero-order valence-electron chi connectivity index (χ0n) is 22.0. The number of ether oxygens (including phenoxy) is 1. The monoisotopic (exact) mass is 558 g/mol. The van der Waals surface area contributed by atoms with Gasteiger partial charge in [0.2, 0.25) is 0 Å². The second kappa shape index (κ2) is 12.7. The predicted octanol–water partition coefficient (Wildman–Crippen LogP) is 7.91. The molecule has 0 spiro atoms. The maximum absolute atomic E-state index is 12.3. The Bertz CT molecular complexity index is 1500. The number of phenolic OH excluding ortho intramolecular Hbond substituents is 1. The molecule has 3 aromatic carbocycles. The van der Waals surface area contributed by atoms with Crippen LogP contribution in [0.25, 0.3) is 11.1 Å². The van der Waals surface area contributed by atoms with Crippen molar-refractivity contribution in [1.82, 2.24) is 0 Å². The summed E-state index contributed by atoms with van der Waals surface area (Å²) in [7, 11) is -3.06. The number of aromatic hydroxyl groups is 1. The Morgan fingerprint density at radius 1 is 0.821 bits per heavy atom. The van der Waals surface area contributed by atoms with E-state index in [4.69, 9.17) is 4.74 Å². The molecule has 0 amide bonds. The summed E-state index contributed by atoms with van der Waals surface area (Å²) < 4.78 is 30.6. The van der Waals surface area contributed by atoms with Crippen molar-refractivity contribution in [3.05, 3.63) is 117 Å². The average molecular weight is 559 g/mol. The van der Waals surface area contributed by atoms with Crippen LogP contribution in [0, 0.1) is 0 Å². The van der Waals surface area contributed by atoms with Crippen molar-refractivity contribution in [2.45, 2.75) is 44.3 Å². The van der Waals surface area contributed by atoms with Gasteiger partial charge in [0, 0.05) is 4.88 Å². The Labute approximate surface area is 235 Å². The first kappa shape index (κ1) is 27.2. The van der Waals surface area contributed by atoms with E-state index in [2.05, 4.69) is 36.4 Å². The first-order valence-corrected chi connectivity index (χ1v) is 16.3. The molecule has 4 nitrogen and oxygen atoms in total. The SMILES string of the molecule is O=S(=O)(CCCCCOc1ccc(C2=C(c3ccccc3)CCCc3cc(O)ccc32)cc1)Cc1cccs1. The molecule has 1 aliphatic carbocycles. The van der Waals surface area contributed by atoms with Crippen molar-refractivity contribution < 1.29 is 18.3 Å². The van der Waals surface area contributed by atoms with E-state index in [0.717, 1.165) is 48.3 Å². The van der Waals surface area contributed by atoms with E-state index in [9.17, 15) is 13.5 Å². The Morgan fingerprint density at radius 2 is 1.64 bits per heavy atom. The molecule has 202 valence electrons. The summed E-state index contributed by atoms with van der Waals surface area (Å²) in [6.45, 7) is 0.560. The molecule has 0 unspecified atom stereocenters. The minimum absolute atomic E-state index is 0.140. The molecule has 1 aromatic heterocycles. The Kier molecular flexibility index (Phi) is 8.84. The second-order valence-corrected chi connectivity index (χ2v) is 13.2. The first-order chi connectivity index (χ1) is 19.0. The predicted molar refractivity (Wildman–Crippen MR) is 161 cm³/mol. The zero-order chi connectivity index (χ0) is 27.1. The van der Waals surface area contributed by atoms with Crippen molar-refractivity contribution in [2.75, 3.05) is 12.4 Å². The number of sulfone groups is 1. The fourth-order valence-electron chi connectivity index (χ4n) is 5.22. The Morgan fingerprint density at radius 3 is 2.41 bits per heavy atom. The molecular formula is C33H34O4S2. The molecule has 1 aliphatic rings. The van der Waals surface area contributed by atoms with E-state index in [0.29, 0.717) is 18.8 Å². The number of thiophene rings is 1. The first-order valence-electron chi connectivity index (χ1n) is 13.6. The molecule has 0 aliphatic heterocycles. The molecule has 1 heterocycles. The van der Waals surface area contributed by atoms with Gasteiger partial charge in [0.25, 0.3) is 0 Å². The molecule has 4 aromatic rings. The number of benzene rings is 3. The highest BCUT2D eigenvalue weighted by atomic mass is 32.2. The minimum atomic E-state index is -3.06. The summed E-state index contributed by atoms with van der Waals surface area (Å²) in [6.07, 6.45) is 5.22. The van der Waals surface area contributed by atoms with E-state index in [1.54, 1.807) is 6.07 Å². The number of phenols is 1. The van der Waals surface area contributed by atoms with E-state index >= 15 is 0 Å². The largest absolute Gasteiger partial charge is 0.508 e. The van der Waals surface area contributed by atoms with Crippen LogP contribution in [-0.4, -0.2) is 25.9 Å². The molecule has 5 rings (SSSR count). The van der Waals surface area contributed by atoms with Gasteiger partial charge in [-0.1, -0.05) is 54.6 Å². The Balaban J connectivity index is 1.23. The molecule has 0 fully saturated rings. The highest BCUT2D eigenvalue weighted by Crippen LogP contribution is 2.41. The topological polar surface area (TPSA) is 63.6 Å². The number of fused-ring (bicyclic) bond motifs is 1. The third kappa shape index (κ3) is 7.20. The molecule has 0 saturated carbocycles. The minimum Gasteiger partial charge on any atom is -0.508 e. The van der Waals surface area contributed by atoms with Crippen LogP contribution in [0.1, 0.15) is 59.2 Å². The molecule has 6 heteroatoms. The van der Waals surface area contributed by atoms with Gasteiger partial charge in [-0.25, -0.2) is 8.42 Å². The summed E-state index contributed by atoms with van der Waals surface area (Å²) in [6, 6.07) is 28.3. The number of allylic oxidation sites excluding steroid dienone is 1. The third-order valence-corrected chi connectivity index (χ3v) is 9.83. The molecule has 39 heavy (non-hydrogen) atoms. The Hall–Kier alpha value is -3.35. The van der Waals surface area contributed by atoms with E-state index in [1.165, 1.54) is 39.2 Å². The molecule has 1 N–H and O–H groups in total. The van der Waals surface area contributed by atoms with Gasteiger partial charge in [-0.2, -0.15) is 0 Å². The maximum Gasteiger partial charge on any atom is 0.155 e. The summed E-state index contributed by atoms with van der Waals surface area (Å²) in [4.78, 5) is 0.902. The summed E-state index contributed by atoms with van der Waals surface area (Å²) in [5, 5.41) is 12.0. The van der Waals surface area contributed by atoms with Gasteiger partial charge < -0.3 is 9.84 Å². The van der Waals surface area contributed by atoms with Crippen molar-refractivity contribution in [2.24, 2.45) is 0 Å². The number of rotatable bonds is 11. The molecule has 0 radical (unpaired) electrons. The molecule has 0 atom stereocenters. The second-order valence-electron chi connectivity index (χ2n) is 10.0. The van der Waals surface area contributed by atoms with Crippen LogP contribution < -0.4 is 4.74 Å². The number of aryl methyl sites for hydroxylation is 1. The van der Waals surface area contributed by atoms with Crippen LogP contribution in [0.5, 0.6) is 11.5 Å². The van der Waals surface area contributed by atoms with E-state index < -0.39 is 9.84 Å². The highest BCUT2D eigenvalue weighted by Gasteiger charge is 2.20. The van der Waals surface area contributed by atoms with Gasteiger partial charge in [-0.05, 0) is 108 Å². The van der Waals surface area contributed by atoms with Gasteiger partial charge >= 0.3 is 0 Å². The van der Waals surface area contributed by atoms with Crippen LogP contribution in [0.3, 0.4) is 0 Å². The number of hydrogen-bond donors (Lipinski definition) is 1. The van der Waals surface area contributed by atoms with Crippen molar-refractivity contribution in [3.63, 3.8) is 0 Å². The summed E-state index contributed by atoms with van der Waals surface area (Å²) in [5.41, 5.74) is 7.24. The fourth-order valence-corrected chi connectivity index (χ4v) is 7.84. The quantitative estimate of drug-likeness (QED) is 0.190. The van der Waals surface area contributed by atoms with Crippen LogP contribution in [-0.2, 0) is 22.0 Å². The van der Waals surface area contributed by atoms with Crippen LogP contribution in [0.2, 0.25) is 0 Å². The fraction of sp³-hybridized carbons (Fsp3) is 0.273. The standard InChI is InChI=1S/C33H34O4S2/c34-28-16-19-32-27(23-28)11-7-13-31(25-9-3-1-4-10-25)33(32)26-14-17-29(18-15-26)37-20-5-2-6-22-39(35,36)24-30-12-8-21-38-30/h1,3-4,8-10,12,14-19,21,23,34H,2,5-7,11,13,20,22,24H2. The number of unbranched alkanes of at least 4 members (excludes halogenated alkanes) is 2. The van der Waals surface area contributed by atoms with Gasteiger partial charge in [0.15, 0.2) is 9.84 Å². The van der Waals surface area contributed by atoms with E-state index in [1.807, 2.05) is 47.8 Å². The summed E-state index contributed by atoms with van der Waals surface area (Å²) >= 11 is 1.49. The lowest BCUT2D eigenvalue weighted by molar-refractivity contribution is 0.306. The van der Waals surface area contributed by atoms with Crippen molar-refractivity contribution in [1.29, 1.82) is 0 Å². The lowest BCUT2D eigenvalue weighted by Gasteiger charge is -2.17. The summed E-state index contributed by atoms with van der Waals surface area (Å²) in [5.74, 6) is 1.48. The van der Waals surface area contributed by atoms with Crippen LogP contribution in [0.4, 0.5) is 0 Å².